The number of nitrogens with zero attached hydrogens (tertiary/aromatic N) is 5. The smallest absolute Gasteiger partial charge is 0.406 e. The van der Waals surface area contributed by atoms with Gasteiger partial charge in [-0.3, -0.25) is 5.43 Å². The lowest BCUT2D eigenvalue weighted by Crippen LogP contribution is -2.22. The molecule has 0 radical (unpaired) electrons. The standard InChI is InChI=1S/C19H16ClF4N7O/c1-31(2)30-18-27-16(15-13(20)4-3-5-14(15)21)26-17(28-18)29-25-10-11-6-8-12(9-7-11)32-19(22,23)24/h3-10H,1-2H3,(H2,26,27,28,29,30). The van der Waals surface area contributed by atoms with Crippen molar-refractivity contribution in [1.29, 1.82) is 0 Å². The number of rotatable bonds is 7. The van der Waals surface area contributed by atoms with Gasteiger partial charge in [-0.15, -0.1) is 13.2 Å². The second-order valence-corrected chi connectivity index (χ2v) is 6.80. The lowest BCUT2D eigenvalue weighted by molar-refractivity contribution is -0.274. The minimum Gasteiger partial charge on any atom is -0.406 e. The summed E-state index contributed by atoms with van der Waals surface area (Å²) in [5.74, 6) is -0.919. The van der Waals surface area contributed by atoms with Crippen molar-refractivity contribution in [3.8, 4) is 17.1 Å². The van der Waals surface area contributed by atoms with Crippen LogP contribution >= 0.6 is 11.6 Å². The lowest BCUT2D eigenvalue weighted by Gasteiger charge is -2.13. The second-order valence-electron chi connectivity index (χ2n) is 6.40. The van der Waals surface area contributed by atoms with Crippen molar-refractivity contribution in [1.82, 2.24) is 20.0 Å². The van der Waals surface area contributed by atoms with Gasteiger partial charge in [0, 0.05) is 14.1 Å². The predicted octanol–water partition coefficient (Wildman–Crippen LogP) is 4.56. The van der Waals surface area contributed by atoms with E-state index in [0.29, 0.717) is 5.56 Å². The van der Waals surface area contributed by atoms with Gasteiger partial charge in [0.15, 0.2) is 5.82 Å². The molecule has 8 nitrogen and oxygen atoms in total. The largest absolute Gasteiger partial charge is 0.573 e. The van der Waals surface area contributed by atoms with Gasteiger partial charge >= 0.3 is 6.36 Å². The third-order valence-corrected chi connectivity index (χ3v) is 3.95. The number of halogens is 5. The van der Waals surface area contributed by atoms with Gasteiger partial charge in [-0.25, -0.2) is 14.8 Å². The number of benzene rings is 2. The molecule has 0 aliphatic rings. The van der Waals surface area contributed by atoms with Crippen LogP contribution in [0.4, 0.5) is 29.5 Å². The average Bonchev–Trinajstić information content (AvgIpc) is 2.67. The maximum Gasteiger partial charge on any atom is 0.573 e. The van der Waals surface area contributed by atoms with Crippen LogP contribution in [0.2, 0.25) is 5.02 Å². The molecule has 0 aliphatic heterocycles. The molecule has 0 amide bonds. The fourth-order valence-electron chi connectivity index (χ4n) is 2.42. The highest BCUT2D eigenvalue weighted by Gasteiger charge is 2.30. The van der Waals surface area contributed by atoms with E-state index in [-0.39, 0.29) is 34.1 Å². The van der Waals surface area contributed by atoms with Crippen LogP contribution < -0.4 is 15.6 Å². The van der Waals surface area contributed by atoms with Crippen LogP contribution in [0.5, 0.6) is 5.75 Å². The molecule has 0 bridgehead atoms. The van der Waals surface area contributed by atoms with Crippen molar-refractivity contribution in [2.75, 3.05) is 24.9 Å². The number of anilines is 2. The van der Waals surface area contributed by atoms with E-state index in [2.05, 4.69) is 35.6 Å². The number of hydrazine groups is 1. The second kappa shape index (κ2) is 9.75. The highest BCUT2D eigenvalue weighted by Crippen LogP contribution is 2.29. The molecule has 168 valence electrons. The molecule has 13 heteroatoms. The van der Waals surface area contributed by atoms with Crippen LogP contribution in [0.1, 0.15) is 5.56 Å². The Morgan fingerprint density at radius 1 is 1.03 bits per heavy atom. The summed E-state index contributed by atoms with van der Waals surface area (Å²) in [5.41, 5.74) is 5.88. The molecule has 1 heterocycles. The molecule has 0 saturated heterocycles. The van der Waals surface area contributed by atoms with Crippen LogP contribution in [0.3, 0.4) is 0 Å². The molecule has 32 heavy (non-hydrogen) atoms. The van der Waals surface area contributed by atoms with Crippen molar-refractivity contribution in [2.24, 2.45) is 5.10 Å². The summed E-state index contributed by atoms with van der Waals surface area (Å²) in [6.45, 7) is 0. The third kappa shape index (κ3) is 6.49. The summed E-state index contributed by atoms with van der Waals surface area (Å²) < 4.78 is 54.8. The Morgan fingerprint density at radius 3 is 2.34 bits per heavy atom. The monoisotopic (exact) mass is 469 g/mol. The van der Waals surface area contributed by atoms with E-state index >= 15 is 0 Å². The normalized spacial score (nSPS) is 11.8. The zero-order valence-electron chi connectivity index (χ0n) is 16.7. The van der Waals surface area contributed by atoms with Crippen LogP contribution in [0.25, 0.3) is 11.4 Å². The SMILES string of the molecule is CN(C)Nc1nc(NN=Cc2ccc(OC(F)(F)F)cc2)nc(-c2c(F)cccc2Cl)n1. The van der Waals surface area contributed by atoms with Gasteiger partial charge < -0.3 is 4.74 Å². The number of alkyl halides is 3. The Morgan fingerprint density at radius 2 is 1.72 bits per heavy atom. The van der Waals surface area contributed by atoms with Gasteiger partial charge in [0.1, 0.15) is 11.6 Å². The summed E-state index contributed by atoms with van der Waals surface area (Å²) in [4.78, 5) is 12.5. The molecule has 0 saturated carbocycles. The molecule has 0 atom stereocenters. The quantitative estimate of drug-likeness (QED) is 0.298. The van der Waals surface area contributed by atoms with Gasteiger partial charge in [0.05, 0.1) is 16.8 Å². The fourth-order valence-corrected chi connectivity index (χ4v) is 2.67. The van der Waals surface area contributed by atoms with Gasteiger partial charge in [-0.1, -0.05) is 17.7 Å². The molecule has 0 fully saturated rings. The Balaban J connectivity index is 1.82. The number of aromatic nitrogens is 3. The molecule has 3 aromatic rings. The van der Waals surface area contributed by atoms with Crippen molar-refractivity contribution in [3.63, 3.8) is 0 Å². The third-order valence-electron chi connectivity index (χ3n) is 3.64. The summed E-state index contributed by atoms with van der Waals surface area (Å²) in [6.07, 6.45) is -3.44. The van der Waals surface area contributed by atoms with E-state index in [9.17, 15) is 17.6 Å². The Kier molecular flexibility index (Phi) is 7.05. The number of ether oxygens (including phenoxy) is 1. The van der Waals surface area contributed by atoms with Gasteiger partial charge in [0.25, 0.3) is 0 Å². The molecular weight excluding hydrogens is 454 g/mol. The molecule has 0 unspecified atom stereocenters. The molecule has 2 N–H and O–H groups in total. The summed E-state index contributed by atoms with van der Waals surface area (Å²) in [7, 11) is 3.41. The van der Waals surface area contributed by atoms with E-state index in [1.54, 1.807) is 19.1 Å². The average molecular weight is 470 g/mol. The minimum atomic E-state index is -4.77. The fraction of sp³-hybridized carbons (Fsp3) is 0.158. The van der Waals surface area contributed by atoms with E-state index in [4.69, 9.17) is 11.6 Å². The first kappa shape index (κ1) is 23.2. The van der Waals surface area contributed by atoms with E-state index < -0.39 is 12.2 Å². The van der Waals surface area contributed by atoms with Crippen molar-refractivity contribution in [2.45, 2.75) is 6.36 Å². The summed E-state index contributed by atoms with van der Waals surface area (Å²) in [6, 6.07) is 9.23. The molecule has 0 aliphatic carbocycles. The molecule has 1 aromatic heterocycles. The first-order valence-electron chi connectivity index (χ1n) is 8.90. The van der Waals surface area contributed by atoms with Crippen molar-refractivity contribution in [3.05, 3.63) is 58.9 Å². The maximum absolute atomic E-state index is 14.3. The van der Waals surface area contributed by atoms with Crippen LogP contribution in [-0.4, -0.2) is 46.6 Å². The number of hydrogen-bond donors (Lipinski definition) is 2. The zero-order valence-corrected chi connectivity index (χ0v) is 17.4. The first-order valence-corrected chi connectivity index (χ1v) is 9.28. The Hall–Kier alpha value is -3.51. The Bertz CT molecular complexity index is 1090. The molecule has 2 aromatic carbocycles. The number of hydrazone groups is 1. The summed E-state index contributed by atoms with van der Waals surface area (Å²) >= 11 is 6.11. The highest BCUT2D eigenvalue weighted by molar-refractivity contribution is 6.33. The number of hydrogen-bond acceptors (Lipinski definition) is 8. The molecule has 0 spiro atoms. The van der Waals surface area contributed by atoms with Gasteiger partial charge in [-0.05, 0) is 42.0 Å². The maximum atomic E-state index is 14.3. The lowest BCUT2D eigenvalue weighted by atomic mass is 10.2. The van der Waals surface area contributed by atoms with Crippen molar-refractivity contribution >= 4 is 29.7 Å². The zero-order chi connectivity index (χ0) is 23.3. The first-order chi connectivity index (χ1) is 15.1. The predicted molar refractivity (Wildman–Crippen MR) is 112 cm³/mol. The van der Waals surface area contributed by atoms with Gasteiger partial charge in [0.2, 0.25) is 11.9 Å². The van der Waals surface area contributed by atoms with Crippen LogP contribution in [0, 0.1) is 5.82 Å². The van der Waals surface area contributed by atoms with E-state index in [1.807, 2.05) is 0 Å². The van der Waals surface area contributed by atoms with Crippen LogP contribution in [0.15, 0.2) is 47.6 Å². The molecule has 3 rings (SSSR count). The highest BCUT2D eigenvalue weighted by atomic mass is 35.5. The Labute approximate surface area is 184 Å². The summed E-state index contributed by atoms with van der Waals surface area (Å²) in [5, 5.41) is 5.64. The van der Waals surface area contributed by atoms with E-state index in [0.717, 1.165) is 12.1 Å². The van der Waals surface area contributed by atoms with Crippen LogP contribution in [-0.2, 0) is 0 Å². The molecular formula is C19H16ClF4N7O. The van der Waals surface area contributed by atoms with Crippen molar-refractivity contribution < 1.29 is 22.3 Å². The van der Waals surface area contributed by atoms with E-state index in [1.165, 1.54) is 36.5 Å². The topological polar surface area (TPSA) is 87.6 Å². The number of nitrogens with one attached hydrogen (secondary N) is 2. The van der Waals surface area contributed by atoms with Gasteiger partial charge in [-0.2, -0.15) is 20.1 Å². The minimum absolute atomic E-state index is 0.00865.